The van der Waals surface area contributed by atoms with Crippen molar-refractivity contribution in [1.82, 2.24) is 10.6 Å². The Morgan fingerprint density at radius 2 is 2.18 bits per heavy atom. The lowest BCUT2D eigenvalue weighted by Gasteiger charge is -2.35. The Bertz CT molecular complexity index is 810. The van der Waals surface area contributed by atoms with Gasteiger partial charge in [-0.05, 0) is 55.3 Å². The topological polar surface area (TPSA) is 61.4 Å². The number of thiophene rings is 1. The van der Waals surface area contributed by atoms with Crippen LogP contribution in [0.1, 0.15) is 41.6 Å². The molecule has 0 radical (unpaired) electrons. The molecule has 5 nitrogen and oxygen atoms in total. The van der Waals surface area contributed by atoms with E-state index in [2.05, 4.69) is 10.6 Å². The van der Waals surface area contributed by atoms with Crippen LogP contribution in [0.25, 0.3) is 0 Å². The second kappa shape index (κ2) is 9.68. The zero-order valence-corrected chi connectivity index (χ0v) is 16.9. The molecule has 0 spiro atoms. The van der Waals surface area contributed by atoms with Gasteiger partial charge in [0.25, 0.3) is 5.91 Å². The number of carbonyl (C=O) groups excluding carboxylic acids is 2. The summed E-state index contributed by atoms with van der Waals surface area (Å²) in [6.45, 7) is 3.82. The molecule has 0 aliphatic carbocycles. The minimum absolute atomic E-state index is 0.0153. The fraction of sp³-hybridized carbons (Fsp3) is 0.429. The lowest BCUT2D eigenvalue weighted by molar-refractivity contribution is -0.121. The fourth-order valence-electron chi connectivity index (χ4n) is 3.43. The van der Waals surface area contributed by atoms with Crippen LogP contribution >= 0.6 is 11.3 Å². The van der Waals surface area contributed by atoms with Crippen LogP contribution in [-0.4, -0.2) is 37.5 Å². The second-order valence-electron chi connectivity index (χ2n) is 7.18. The molecular weight excluding hydrogens is 377 g/mol. The highest BCUT2D eigenvalue weighted by atomic mass is 32.1. The van der Waals surface area contributed by atoms with Crippen molar-refractivity contribution in [2.75, 3.05) is 24.5 Å². The number of amides is 2. The van der Waals surface area contributed by atoms with Gasteiger partial charge in [-0.25, -0.2) is 4.39 Å². The zero-order chi connectivity index (χ0) is 19.9. The highest BCUT2D eigenvalue weighted by molar-refractivity contribution is 7.08. The molecule has 2 N–H and O–H groups in total. The highest BCUT2D eigenvalue weighted by Crippen LogP contribution is 2.24. The van der Waals surface area contributed by atoms with E-state index in [1.807, 2.05) is 23.3 Å². The van der Waals surface area contributed by atoms with Crippen molar-refractivity contribution in [1.29, 1.82) is 0 Å². The summed E-state index contributed by atoms with van der Waals surface area (Å²) in [6.07, 6.45) is 2.75. The monoisotopic (exact) mass is 403 g/mol. The van der Waals surface area contributed by atoms with Crippen molar-refractivity contribution >= 4 is 28.8 Å². The van der Waals surface area contributed by atoms with Gasteiger partial charge < -0.3 is 15.5 Å². The SMILES string of the molecule is Cc1ccc(F)c(N2CCCC(NC(=O)CCCNC(=O)c3ccsc3)C2)c1. The molecule has 2 heterocycles. The molecule has 1 atom stereocenters. The summed E-state index contributed by atoms with van der Waals surface area (Å²) in [5.74, 6) is -0.356. The molecule has 1 aromatic heterocycles. The van der Waals surface area contributed by atoms with Gasteiger partial charge in [-0.15, -0.1) is 0 Å². The van der Waals surface area contributed by atoms with E-state index >= 15 is 0 Å². The molecule has 7 heteroatoms. The Labute approximate surface area is 168 Å². The van der Waals surface area contributed by atoms with Crippen molar-refractivity contribution < 1.29 is 14.0 Å². The smallest absolute Gasteiger partial charge is 0.252 e. The number of hydrogen-bond donors (Lipinski definition) is 2. The molecule has 1 aromatic carbocycles. The van der Waals surface area contributed by atoms with Crippen LogP contribution in [0.5, 0.6) is 0 Å². The predicted molar refractivity (Wildman–Crippen MR) is 110 cm³/mol. The Morgan fingerprint density at radius 1 is 1.32 bits per heavy atom. The van der Waals surface area contributed by atoms with E-state index in [9.17, 15) is 14.0 Å². The van der Waals surface area contributed by atoms with Gasteiger partial charge in [0.1, 0.15) is 5.82 Å². The average Bonchev–Trinajstić information content (AvgIpc) is 3.22. The summed E-state index contributed by atoms with van der Waals surface area (Å²) in [5, 5.41) is 9.54. The number of benzene rings is 1. The van der Waals surface area contributed by atoms with Gasteiger partial charge in [-0.1, -0.05) is 6.07 Å². The fourth-order valence-corrected chi connectivity index (χ4v) is 4.06. The molecule has 0 bridgehead atoms. The molecule has 1 unspecified atom stereocenters. The predicted octanol–water partition coefficient (Wildman–Crippen LogP) is 3.49. The van der Waals surface area contributed by atoms with E-state index in [1.165, 1.54) is 17.4 Å². The maximum Gasteiger partial charge on any atom is 0.252 e. The zero-order valence-electron chi connectivity index (χ0n) is 16.0. The maximum atomic E-state index is 14.2. The molecule has 150 valence electrons. The summed E-state index contributed by atoms with van der Waals surface area (Å²) in [7, 11) is 0. The van der Waals surface area contributed by atoms with Crippen molar-refractivity contribution in [2.24, 2.45) is 0 Å². The van der Waals surface area contributed by atoms with Crippen molar-refractivity contribution in [3.63, 3.8) is 0 Å². The number of piperidine rings is 1. The summed E-state index contributed by atoms with van der Waals surface area (Å²) < 4.78 is 14.2. The number of nitrogens with one attached hydrogen (secondary N) is 2. The minimum Gasteiger partial charge on any atom is -0.367 e. The van der Waals surface area contributed by atoms with Crippen molar-refractivity contribution in [3.8, 4) is 0 Å². The Kier molecular flexibility index (Phi) is 7.03. The molecule has 1 fully saturated rings. The first-order valence-corrected chi connectivity index (χ1v) is 10.6. The maximum absolute atomic E-state index is 14.2. The third-order valence-electron chi connectivity index (χ3n) is 4.88. The normalized spacial score (nSPS) is 16.6. The molecule has 0 saturated carbocycles. The first-order valence-electron chi connectivity index (χ1n) is 9.64. The average molecular weight is 404 g/mol. The standard InChI is InChI=1S/C21H26FN3O2S/c1-15-6-7-18(22)19(12-15)25-10-3-4-17(13-25)24-20(26)5-2-9-23-21(27)16-8-11-28-14-16/h6-8,11-12,14,17H,2-5,9-10,13H2,1H3,(H,23,27)(H,24,26). The summed E-state index contributed by atoms with van der Waals surface area (Å²) in [6, 6.07) is 6.91. The third-order valence-corrected chi connectivity index (χ3v) is 5.56. The van der Waals surface area contributed by atoms with Gasteiger partial charge in [0.2, 0.25) is 5.91 Å². The van der Waals surface area contributed by atoms with E-state index in [4.69, 9.17) is 0 Å². The molecule has 28 heavy (non-hydrogen) atoms. The van der Waals surface area contributed by atoms with E-state index in [1.54, 1.807) is 17.5 Å². The van der Waals surface area contributed by atoms with Gasteiger partial charge in [0.05, 0.1) is 5.69 Å². The number of hydrogen-bond acceptors (Lipinski definition) is 4. The van der Waals surface area contributed by atoms with E-state index in [0.717, 1.165) is 24.9 Å². The number of rotatable bonds is 7. The van der Waals surface area contributed by atoms with E-state index in [0.29, 0.717) is 37.2 Å². The van der Waals surface area contributed by atoms with Gasteiger partial charge in [-0.3, -0.25) is 9.59 Å². The first-order chi connectivity index (χ1) is 13.5. The lowest BCUT2D eigenvalue weighted by Crippen LogP contribution is -2.48. The van der Waals surface area contributed by atoms with E-state index < -0.39 is 0 Å². The minimum atomic E-state index is -0.223. The molecule has 2 aromatic rings. The van der Waals surface area contributed by atoms with Crippen LogP contribution in [0.3, 0.4) is 0 Å². The highest BCUT2D eigenvalue weighted by Gasteiger charge is 2.23. The van der Waals surface area contributed by atoms with Gasteiger partial charge in [0.15, 0.2) is 0 Å². The number of halogens is 1. The lowest BCUT2D eigenvalue weighted by atomic mass is 10.0. The quantitative estimate of drug-likeness (QED) is 0.696. The van der Waals surface area contributed by atoms with Crippen molar-refractivity contribution in [2.45, 2.75) is 38.6 Å². The summed E-state index contributed by atoms with van der Waals surface area (Å²) in [5.41, 5.74) is 2.28. The Morgan fingerprint density at radius 3 is 2.96 bits per heavy atom. The molecule has 3 rings (SSSR count). The van der Waals surface area contributed by atoms with Gasteiger partial charge in [-0.2, -0.15) is 11.3 Å². The van der Waals surface area contributed by atoms with Crippen LogP contribution in [0.4, 0.5) is 10.1 Å². The number of anilines is 1. The molecule has 1 aliphatic rings. The van der Waals surface area contributed by atoms with Gasteiger partial charge in [0, 0.05) is 43.0 Å². The first kappa shape index (κ1) is 20.3. The largest absolute Gasteiger partial charge is 0.367 e. The van der Waals surface area contributed by atoms with Gasteiger partial charge >= 0.3 is 0 Å². The second-order valence-corrected chi connectivity index (χ2v) is 7.96. The molecule has 1 aliphatic heterocycles. The van der Waals surface area contributed by atoms with Crippen LogP contribution < -0.4 is 15.5 Å². The number of carbonyl (C=O) groups is 2. The van der Waals surface area contributed by atoms with Crippen LogP contribution in [0.15, 0.2) is 35.0 Å². The molecule has 2 amide bonds. The Balaban J connectivity index is 1.41. The summed E-state index contributed by atoms with van der Waals surface area (Å²) >= 11 is 1.48. The van der Waals surface area contributed by atoms with E-state index in [-0.39, 0.29) is 23.7 Å². The molecule has 1 saturated heterocycles. The van der Waals surface area contributed by atoms with Crippen LogP contribution in [0.2, 0.25) is 0 Å². The Hall–Kier alpha value is -2.41. The van der Waals surface area contributed by atoms with Crippen molar-refractivity contribution in [3.05, 3.63) is 52.0 Å². The number of nitrogens with zero attached hydrogens (tertiary/aromatic N) is 1. The van der Waals surface area contributed by atoms with Crippen LogP contribution in [0, 0.1) is 12.7 Å². The summed E-state index contributed by atoms with van der Waals surface area (Å²) in [4.78, 5) is 26.1. The molecular formula is C21H26FN3O2S. The number of aryl methyl sites for hydroxylation is 1. The third kappa shape index (κ3) is 5.55. The van der Waals surface area contributed by atoms with Crippen LogP contribution in [-0.2, 0) is 4.79 Å².